The first kappa shape index (κ1) is 17.9. The molecule has 4 nitrogen and oxygen atoms in total. The third-order valence-electron chi connectivity index (χ3n) is 2.60. The van der Waals surface area contributed by atoms with E-state index in [-0.39, 0.29) is 24.9 Å². The Morgan fingerprint density at radius 1 is 1.26 bits per heavy atom. The maximum absolute atomic E-state index is 11.5. The van der Waals surface area contributed by atoms with Crippen molar-refractivity contribution in [1.29, 1.82) is 0 Å². The molecule has 108 valence electrons. The number of carbonyl (C=O) groups is 1. The van der Waals surface area contributed by atoms with Crippen molar-refractivity contribution < 1.29 is 9.53 Å². The molecule has 1 rings (SSSR count). The molecule has 0 spiro atoms. The summed E-state index contributed by atoms with van der Waals surface area (Å²) in [6, 6.07) is 7.49. The predicted molar refractivity (Wildman–Crippen MR) is 80.6 cm³/mol. The number of carbonyl (C=O) groups excluding carboxylic acids is 1. The van der Waals surface area contributed by atoms with Crippen LogP contribution in [0.5, 0.6) is 0 Å². The largest absolute Gasteiger partial charge is 0.372 e. The van der Waals surface area contributed by atoms with Gasteiger partial charge in [0.15, 0.2) is 0 Å². The molecular formula is C14H23ClN2O2. The standard InChI is InChI=1S/C14H22N2O2.ClH/c1-2-3-4-9-18-11-14(17)16-13-7-5-12(10-15)6-8-13;/h5-8H,2-4,9-11,15H2,1H3,(H,16,17);1H. The molecule has 0 aliphatic carbocycles. The fourth-order valence-electron chi connectivity index (χ4n) is 1.54. The van der Waals surface area contributed by atoms with Crippen LogP contribution in [0.1, 0.15) is 31.7 Å². The Labute approximate surface area is 121 Å². The maximum atomic E-state index is 11.5. The minimum Gasteiger partial charge on any atom is -0.372 e. The second-order valence-electron chi connectivity index (χ2n) is 4.21. The van der Waals surface area contributed by atoms with E-state index >= 15 is 0 Å². The maximum Gasteiger partial charge on any atom is 0.250 e. The van der Waals surface area contributed by atoms with Crippen LogP contribution in [0.4, 0.5) is 5.69 Å². The summed E-state index contributed by atoms with van der Waals surface area (Å²) in [6.07, 6.45) is 3.31. The number of benzene rings is 1. The minimum absolute atomic E-state index is 0. The van der Waals surface area contributed by atoms with E-state index in [2.05, 4.69) is 12.2 Å². The van der Waals surface area contributed by atoms with Crippen LogP contribution in [0, 0.1) is 0 Å². The number of anilines is 1. The van der Waals surface area contributed by atoms with Gasteiger partial charge in [-0.25, -0.2) is 0 Å². The molecule has 1 amide bonds. The van der Waals surface area contributed by atoms with Gasteiger partial charge in [0.25, 0.3) is 0 Å². The van der Waals surface area contributed by atoms with Crippen LogP contribution in [0.2, 0.25) is 0 Å². The minimum atomic E-state index is -0.119. The first-order valence-electron chi connectivity index (χ1n) is 6.43. The summed E-state index contributed by atoms with van der Waals surface area (Å²) in [6.45, 7) is 3.40. The summed E-state index contributed by atoms with van der Waals surface area (Å²) in [7, 11) is 0. The van der Waals surface area contributed by atoms with E-state index in [0.717, 1.165) is 30.5 Å². The zero-order chi connectivity index (χ0) is 13.2. The zero-order valence-corrected chi connectivity index (χ0v) is 12.2. The third-order valence-corrected chi connectivity index (χ3v) is 2.60. The lowest BCUT2D eigenvalue weighted by atomic mass is 10.2. The molecule has 1 aromatic carbocycles. The molecule has 0 aliphatic heterocycles. The molecule has 1 aromatic rings. The topological polar surface area (TPSA) is 64.3 Å². The van der Waals surface area contributed by atoms with Gasteiger partial charge in [0.1, 0.15) is 6.61 Å². The Morgan fingerprint density at radius 2 is 1.95 bits per heavy atom. The second kappa shape index (κ2) is 10.8. The van der Waals surface area contributed by atoms with Crippen LogP contribution < -0.4 is 11.1 Å². The molecule has 3 N–H and O–H groups in total. The molecule has 0 atom stereocenters. The van der Waals surface area contributed by atoms with E-state index in [1.165, 1.54) is 0 Å². The Kier molecular flexibility index (Phi) is 10.2. The summed E-state index contributed by atoms with van der Waals surface area (Å²) in [4.78, 5) is 11.5. The summed E-state index contributed by atoms with van der Waals surface area (Å²) in [5.74, 6) is -0.119. The zero-order valence-electron chi connectivity index (χ0n) is 11.4. The number of rotatable bonds is 8. The Bertz CT molecular complexity index is 355. The molecule has 0 radical (unpaired) electrons. The number of hydrogen-bond acceptors (Lipinski definition) is 3. The van der Waals surface area contributed by atoms with Gasteiger partial charge in [0.05, 0.1) is 0 Å². The van der Waals surface area contributed by atoms with Crippen molar-refractivity contribution in [2.24, 2.45) is 5.73 Å². The van der Waals surface area contributed by atoms with E-state index in [9.17, 15) is 4.79 Å². The van der Waals surface area contributed by atoms with Crippen molar-refractivity contribution in [3.63, 3.8) is 0 Å². The monoisotopic (exact) mass is 286 g/mol. The second-order valence-corrected chi connectivity index (χ2v) is 4.21. The first-order chi connectivity index (χ1) is 8.76. The van der Waals surface area contributed by atoms with Crippen LogP contribution in [-0.4, -0.2) is 19.1 Å². The van der Waals surface area contributed by atoms with E-state index in [1.807, 2.05) is 24.3 Å². The van der Waals surface area contributed by atoms with Crippen molar-refractivity contribution >= 4 is 24.0 Å². The van der Waals surface area contributed by atoms with E-state index in [1.54, 1.807) is 0 Å². The lowest BCUT2D eigenvalue weighted by Gasteiger charge is -2.06. The normalized spacial score (nSPS) is 9.79. The van der Waals surface area contributed by atoms with Crippen molar-refractivity contribution in [3.05, 3.63) is 29.8 Å². The summed E-state index contributed by atoms with van der Waals surface area (Å²) in [5, 5.41) is 2.78. The molecule has 0 saturated carbocycles. The fraction of sp³-hybridized carbons (Fsp3) is 0.500. The molecule has 5 heteroatoms. The van der Waals surface area contributed by atoms with Crippen LogP contribution in [0.15, 0.2) is 24.3 Å². The van der Waals surface area contributed by atoms with Crippen molar-refractivity contribution in [3.8, 4) is 0 Å². The fourth-order valence-corrected chi connectivity index (χ4v) is 1.54. The summed E-state index contributed by atoms with van der Waals surface area (Å²) < 4.78 is 5.28. The van der Waals surface area contributed by atoms with Gasteiger partial charge in [-0.1, -0.05) is 31.9 Å². The average Bonchev–Trinajstić information content (AvgIpc) is 2.39. The summed E-state index contributed by atoms with van der Waals surface area (Å²) >= 11 is 0. The highest BCUT2D eigenvalue weighted by Gasteiger charge is 2.02. The molecule has 0 aliphatic rings. The summed E-state index contributed by atoms with van der Waals surface area (Å²) in [5.41, 5.74) is 7.32. The number of unbranched alkanes of at least 4 members (excludes halogenated alkanes) is 2. The van der Waals surface area contributed by atoms with Gasteiger partial charge in [-0.3, -0.25) is 4.79 Å². The van der Waals surface area contributed by atoms with Gasteiger partial charge in [-0.15, -0.1) is 12.4 Å². The van der Waals surface area contributed by atoms with Crippen LogP contribution in [0.25, 0.3) is 0 Å². The number of nitrogens with one attached hydrogen (secondary N) is 1. The number of hydrogen-bond donors (Lipinski definition) is 2. The van der Waals surface area contributed by atoms with E-state index < -0.39 is 0 Å². The molecule has 19 heavy (non-hydrogen) atoms. The van der Waals surface area contributed by atoms with Crippen molar-refractivity contribution in [2.75, 3.05) is 18.5 Å². The first-order valence-corrected chi connectivity index (χ1v) is 6.43. The molecule has 0 bridgehead atoms. The SMILES string of the molecule is CCCCCOCC(=O)Nc1ccc(CN)cc1.Cl. The van der Waals surface area contributed by atoms with Crippen LogP contribution in [-0.2, 0) is 16.1 Å². The highest BCUT2D eigenvalue weighted by atomic mass is 35.5. The molecule has 0 fully saturated rings. The smallest absolute Gasteiger partial charge is 0.250 e. The molecular weight excluding hydrogens is 264 g/mol. The van der Waals surface area contributed by atoms with Gasteiger partial charge < -0.3 is 15.8 Å². The van der Waals surface area contributed by atoms with E-state index in [0.29, 0.717) is 13.2 Å². The van der Waals surface area contributed by atoms with Gasteiger partial charge >= 0.3 is 0 Å². The number of ether oxygens (including phenoxy) is 1. The van der Waals surface area contributed by atoms with Crippen molar-refractivity contribution in [1.82, 2.24) is 0 Å². The number of nitrogens with two attached hydrogens (primary N) is 1. The lowest BCUT2D eigenvalue weighted by Crippen LogP contribution is -2.18. The molecule has 0 heterocycles. The van der Waals surface area contributed by atoms with E-state index in [4.69, 9.17) is 10.5 Å². The van der Waals surface area contributed by atoms with Gasteiger partial charge in [-0.2, -0.15) is 0 Å². The number of amides is 1. The van der Waals surface area contributed by atoms with Crippen molar-refractivity contribution in [2.45, 2.75) is 32.7 Å². The lowest BCUT2D eigenvalue weighted by molar-refractivity contribution is -0.120. The van der Waals surface area contributed by atoms with Gasteiger partial charge in [0.2, 0.25) is 5.91 Å². The van der Waals surface area contributed by atoms with Crippen LogP contribution in [0.3, 0.4) is 0 Å². The Balaban J connectivity index is 0.00000324. The molecule has 0 unspecified atom stereocenters. The average molecular weight is 287 g/mol. The molecule has 0 aromatic heterocycles. The Morgan fingerprint density at radius 3 is 2.53 bits per heavy atom. The quantitative estimate of drug-likeness (QED) is 0.722. The predicted octanol–water partition coefficient (Wildman–Crippen LogP) is 2.71. The van der Waals surface area contributed by atoms with Gasteiger partial charge in [-0.05, 0) is 24.1 Å². The third kappa shape index (κ3) is 7.82. The molecule has 0 saturated heterocycles. The van der Waals surface area contributed by atoms with Gasteiger partial charge in [0, 0.05) is 18.8 Å². The highest BCUT2D eigenvalue weighted by molar-refractivity contribution is 5.91. The number of halogens is 1. The Hall–Kier alpha value is -1.10. The van der Waals surface area contributed by atoms with Crippen LogP contribution >= 0.6 is 12.4 Å². The highest BCUT2D eigenvalue weighted by Crippen LogP contribution is 2.08.